The van der Waals surface area contributed by atoms with E-state index in [-0.39, 0.29) is 10.5 Å². The first-order valence-electron chi connectivity index (χ1n) is 7.45. The summed E-state index contributed by atoms with van der Waals surface area (Å²) in [5.74, 6) is 0.332. The van der Waals surface area contributed by atoms with Gasteiger partial charge in [-0.2, -0.15) is 13.2 Å². The lowest BCUT2D eigenvalue weighted by molar-refractivity contribution is -0.138. The summed E-state index contributed by atoms with van der Waals surface area (Å²) in [5, 5.41) is 3.40. The summed E-state index contributed by atoms with van der Waals surface area (Å²) in [6, 6.07) is 4.52. The molecule has 0 aliphatic rings. The summed E-state index contributed by atoms with van der Waals surface area (Å²) in [6.45, 7) is 7.02. The minimum Gasteiger partial charge on any atom is -0.310 e. The summed E-state index contributed by atoms with van der Waals surface area (Å²) in [7, 11) is 0. The molecule has 0 aliphatic heterocycles. The van der Waals surface area contributed by atoms with Crippen molar-refractivity contribution in [1.29, 1.82) is 0 Å². The molecule has 1 rings (SSSR count). The second kappa shape index (κ2) is 8.18. The van der Waals surface area contributed by atoms with Crippen LogP contribution in [-0.4, -0.2) is 6.54 Å². The van der Waals surface area contributed by atoms with Crippen molar-refractivity contribution in [3.63, 3.8) is 0 Å². The van der Waals surface area contributed by atoms with Gasteiger partial charge in [0.15, 0.2) is 0 Å². The average molecular weight is 366 g/mol. The highest BCUT2D eigenvalue weighted by molar-refractivity contribution is 9.10. The van der Waals surface area contributed by atoms with Crippen molar-refractivity contribution in [2.24, 2.45) is 5.92 Å². The van der Waals surface area contributed by atoms with E-state index in [0.717, 1.165) is 25.8 Å². The SMILES string of the molecule is CCCNC(c1ccc(Br)c(C(F)(F)F)c1)C(CC)CC. The zero-order valence-electron chi connectivity index (χ0n) is 12.7. The highest BCUT2D eigenvalue weighted by atomic mass is 79.9. The number of nitrogens with one attached hydrogen (secondary N) is 1. The van der Waals surface area contributed by atoms with Gasteiger partial charge in [-0.25, -0.2) is 0 Å². The van der Waals surface area contributed by atoms with E-state index >= 15 is 0 Å². The standard InChI is InChI=1S/C16H23BrF3N/c1-4-9-21-15(11(5-2)6-3)12-7-8-14(17)13(10-12)16(18,19)20/h7-8,10-11,15,21H,4-6,9H2,1-3H3. The van der Waals surface area contributed by atoms with Gasteiger partial charge in [-0.3, -0.25) is 0 Å². The van der Waals surface area contributed by atoms with Crippen LogP contribution in [0.4, 0.5) is 13.2 Å². The first kappa shape index (κ1) is 18.5. The number of alkyl halides is 3. The number of halogens is 4. The minimum absolute atomic E-state index is 0.0332. The third-order valence-corrected chi connectivity index (χ3v) is 4.48. The molecular weight excluding hydrogens is 343 g/mol. The van der Waals surface area contributed by atoms with Gasteiger partial charge in [0.1, 0.15) is 0 Å². The Balaban J connectivity index is 3.18. The van der Waals surface area contributed by atoms with Gasteiger partial charge in [-0.15, -0.1) is 0 Å². The van der Waals surface area contributed by atoms with Crippen molar-refractivity contribution in [2.45, 2.75) is 52.3 Å². The predicted molar refractivity (Wildman–Crippen MR) is 84.3 cm³/mol. The van der Waals surface area contributed by atoms with Gasteiger partial charge in [-0.1, -0.05) is 55.6 Å². The topological polar surface area (TPSA) is 12.0 Å². The molecule has 5 heteroatoms. The number of hydrogen-bond acceptors (Lipinski definition) is 1. The van der Waals surface area contributed by atoms with Crippen molar-refractivity contribution in [3.8, 4) is 0 Å². The van der Waals surface area contributed by atoms with E-state index in [9.17, 15) is 13.2 Å². The molecule has 1 atom stereocenters. The molecule has 120 valence electrons. The molecule has 0 amide bonds. The van der Waals surface area contributed by atoms with Gasteiger partial charge in [0, 0.05) is 10.5 Å². The van der Waals surface area contributed by atoms with Gasteiger partial charge in [0.05, 0.1) is 5.56 Å². The van der Waals surface area contributed by atoms with Gasteiger partial charge < -0.3 is 5.32 Å². The summed E-state index contributed by atoms with van der Waals surface area (Å²) in [4.78, 5) is 0. The van der Waals surface area contributed by atoms with E-state index in [4.69, 9.17) is 0 Å². The molecule has 1 aromatic carbocycles. The zero-order chi connectivity index (χ0) is 16.0. The summed E-state index contributed by atoms with van der Waals surface area (Å²) in [5.41, 5.74) is 0.113. The van der Waals surface area contributed by atoms with Crippen molar-refractivity contribution in [1.82, 2.24) is 5.32 Å². The smallest absolute Gasteiger partial charge is 0.310 e. The Kier molecular flexibility index (Phi) is 7.21. The maximum absolute atomic E-state index is 13.1. The molecule has 0 heterocycles. The molecule has 0 saturated heterocycles. The second-order valence-electron chi connectivity index (χ2n) is 5.25. The van der Waals surface area contributed by atoms with Gasteiger partial charge in [0.2, 0.25) is 0 Å². The molecule has 0 fully saturated rings. The van der Waals surface area contributed by atoms with Crippen LogP contribution in [0.2, 0.25) is 0 Å². The van der Waals surface area contributed by atoms with E-state index in [1.807, 2.05) is 0 Å². The van der Waals surface area contributed by atoms with Gasteiger partial charge in [-0.05, 0) is 36.6 Å². The van der Waals surface area contributed by atoms with Crippen LogP contribution in [-0.2, 0) is 6.18 Å². The quantitative estimate of drug-likeness (QED) is 0.629. The third kappa shape index (κ3) is 4.99. The fraction of sp³-hybridized carbons (Fsp3) is 0.625. The monoisotopic (exact) mass is 365 g/mol. The van der Waals surface area contributed by atoms with Gasteiger partial charge in [0.25, 0.3) is 0 Å². The minimum atomic E-state index is -4.34. The molecule has 0 saturated carbocycles. The van der Waals surface area contributed by atoms with Crippen molar-refractivity contribution < 1.29 is 13.2 Å². The predicted octanol–water partition coefficient (Wildman–Crippen LogP) is 5.94. The maximum atomic E-state index is 13.1. The molecule has 0 radical (unpaired) electrons. The second-order valence-corrected chi connectivity index (χ2v) is 6.10. The van der Waals surface area contributed by atoms with Crippen molar-refractivity contribution >= 4 is 15.9 Å². The highest BCUT2D eigenvalue weighted by Gasteiger charge is 2.34. The Hall–Kier alpha value is -0.550. The average Bonchev–Trinajstić information content (AvgIpc) is 2.43. The normalized spacial score (nSPS) is 13.7. The first-order chi connectivity index (χ1) is 9.85. The van der Waals surface area contributed by atoms with Crippen molar-refractivity contribution in [2.75, 3.05) is 6.54 Å². The van der Waals surface area contributed by atoms with Crippen LogP contribution in [0.5, 0.6) is 0 Å². The Labute approximate surface area is 133 Å². The van der Waals surface area contributed by atoms with E-state index in [1.54, 1.807) is 6.07 Å². The van der Waals surface area contributed by atoms with Crippen molar-refractivity contribution in [3.05, 3.63) is 33.8 Å². The summed E-state index contributed by atoms with van der Waals surface area (Å²) < 4.78 is 39.3. The molecule has 1 nitrogen and oxygen atoms in total. The van der Waals surface area contributed by atoms with E-state index in [2.05, 4.69) is 42.0 Å². The molecule has 21 heavy (non-hydrogen) atoms. The number of benzene rings is 1. The van der Waals surface area contributed by atoms with Crippen LogP contribution in [0.25, 0.3) is 0 Å². The lowest BCUT2D eigenvalue weighted by Crippen LogP contribution is -2.29. The highest BCUT2D eigenvalue weighted by Crippen LogP contribution is 2.38. The van der Waals surface area contributed by atoms with Crippen LogP contribution in [0.15, 0.2) is 22.7 Å². The molecule has 0 spiro atoms. The summed E-state index contributed by atoms with van der Waals surface area (Å²) in [6.07, 6.45) is -1.50. The van der Waals surface area contributed by atoms with E-state index in [1.165, 1.54) is 12.1 Å². The molecule has 1 N–H and O–H groups in total. The molecule has 0 aromatic heterocycles. The Morgan fingerprint density at radius 3 is 2.24 bits per heavy atom. The lowest BCUT2D eigenvalue weighted by atomic mass is 9.88. The van der Waals surface area contributed by atoms with Crippen LogP contribution in [0.1, 0.15) is 57.2 Å². The third-order valence-electron chi connectivity index (χ3n) is 3.79. The maximum Gasteiger partial charge on any atom is 0.417 e. The van der Waals surface area contributed by atoms with E-state index < -0.39 is 11.7 Å². The van der Waals surface area contributed by atoms with E-state index in [0.29, 0.717) is 11.5 Å². The Morgan fingerprint density at radius 2 is 1.76 bits per heavy atom. The zero-order valence-corrected chi connectivity index (χ0v) is 14.3. The Bertz CT molecular complexity index is 442. The number of hydrogen-bond donors (Lipinski definition) is 1. The largest absolute Gasteiger partial charge is 0.417 e. The molecule has 1 aromatic rings. The summed E-state index contributed by atoms with van der Waals surface area (Å²) >= 11 is 3.00. The lowest BCUT2D eigenvalue weighted by Gasteiger charge is -2.28. The molecular formula is C16H23BrF3N. The van der Waals surface area contributed by atoms with Crippen LogP contribution in [0.3, 0.4) is 0 Å². The fourth-order valence-electron chi connectivity index (χ4n) is 2.57. The van der Waals surface area contributed by atoms with Gasteiger partial charge >= 0.3 is 6.18 Å². The fourth-order valence-corrected chi connectivity index (χ4v) is 3.04. The first-order valence-corrected chi connectivity index (χ1v) is 8.24. The molecule has 0 aliphatic carbocycles. The van der Waals surface area contributed by atoms with Crippen LogP contribution >= 0.6 is 15.9 Å². The van der Waals surface area contributed by atoms with Crippen LogP contribution in [0, 0.1) is 5.92 Å². The number of rotatable bonds is 7. The molecule has 0 bridgehead atoms. The van der Waals surface area contributed by atoms with Crippen LogP contribution < -0.4 is 5.32 Å². The Morgan fingerprint density at radius 1 is 1.14 bits per heavy atom. The molecule has 1 unspecified atom stereocenters.